The van der Waals surface area contributed by atoms with Crippen LogP contribution in [0.15, 0.2) is 66.7 Å². The van der Waals surface area contributed by atoms with E-state index in [0.29, 0.717) is 34.3 Å². The molecule has 3 aromatic rings. The van der Waals surface area contributed by atoms with Crippen LogP contribution in [-0.4, -0.2) is 12.0 Å². The van der Waals surface area contributed by atoms with Crippen LogP contribution in [0.2, 0.25) is 5.02 Å². The van der Waals surface area contributed by atoms with Crippen LogP contribution < -0.4 is 9.47 Å². The van der Waals surface area contributed by atoms with Gasteiger partial charge in [-0.15, -0.1) is 0 Å². The van der Waals surface area contributed by atoms with Crippen molar-refractivity contribution in [1.29, 1.82) is 0 Å². The van der Waals surface area contributed by atoms with Gasteiger partial charge in [0.2, 0.25) is 0 Å². The number of hydrogen-bond acceptors (Lipinski definition) is 4. The number of benzene rings is 3. The van der Waals surface area contributed by atoms with Gasteiger partial charge in [-0.1, -0.05) is 41.9 Å². The van der Waals surface area contributed by atoms with Crippen molar-refractivity contribution in [2.45, 2.75) is 6.61 Å². The Morgan fingerprint density at radius 2 is 1.73 bits per heavy atom. The third-order valence-electron chi connectivity index (χ3n) is 3.87. The summed E-state index contributed by atoms with van der Waals surface area (Å²) in [5, 5.41) is 11.7. The van der Waals surface area contributed by atoms with Crippen LogP contribution in [0.25, 0.3) is 11.1 Å². The Labute approximate surface area is 155 Å². The molecule has 0 unspecified atom stereocenters. The normalized spacial score (nSPS) is 10.4. The zero-order chi connectivity index (χ0) is 18.5. The number of halogens is 1. The largest absolute Gasteiger partial charge is 0.496 e. The third kappa shape index (κ3) is 3.95. The number of methoxy groups -OCH3 is 1. The van der Waals surface area contributed by atoms with E-state index in [1.165, 1.54) is 13.2 Å². The van der Waals surface area contributed by atoms with E-state index in [4.69, 9.17) is 21.1 Å². The first kappa shape index (κ1) is 17.8. The second-order valence-corrected chi connectivity index (χ2v) is 5.99. The van der Waals surface area contributed by atoms with E-state index in [1.54, 1.807) is 30.3 Å². The summed E-state index contributed by atoms with van der Waals surface area (Å²) in [6.45, 7) is 0.421. The fraction of sp³-hybridized carbons (Fsp3) is 0.100. The van der Waals surface area contributed by atoms with Crippen LogP contribution in [0.4, 0.5) is 5.69 Å². The smallest absolute Gasteiger partial charge is 0.278 e. The summed E-state index contributed by atoms with van der Waals surface area (Å²) in [4.78, 5) is 10.9. The van der Waals surface area contributed by atoms with E-state index in [2.05, 4.69) is 0 Å². The van der Waals surface area contributed by atoms with Crippen molar-refractivity contribution in [3.8, 4) is 22.6 Å². The van der Waals surface area contributed by atoms with Gasteiger partial charge in [0.1, 0.15) is 18.1 Å². The summed E-state index contributed by atoms with van der Waals surface area (Å²) in [7, 11) is 1.52. The van der Waals surface area contributed by atoms with Crippen LogP contribution in [0.1, 0.15) is 5.56 Å². The molecule has 0 atom stereocenters. The van der Waals surface area contributed by atoms with Gasteiger partial charge in [-0.05, 0) is 29.8 Å². The molecule has 0 saturated heterocycles. The van der Waals surface area contributed by atoms with E-state index >= 15 is 0 Å². The zero-order valence-electron chi connectivity index (χ0n) is 14.0. The minimum Gasteiger partial charge on any atom is -0.496 e. The first-order chi connectivity index (χ1) is 12.6. The van der Waals surface area contributed by atoms with E-state index in [-0.39, 0.29) is 5.69 Å². The van der Waals surface area contributed by atoms with Crippen LogP contribution in [0.3, 0.4) is 0 Å². The summed E-state index contributed by atoms with van der Waals surface area (Å²) in [5.41, 5.74) is 2.01. The highest BCUT2D eigenvalue weighted by Crippen LogP contribution is 2.39. The topological polar surface area (TPSA) is 61.6 Å². The highest BCUT2D eigenvalue weighted by atomic mass is 35.5. The van der Waals surface area contributed by atoms with Crippen LogP contribution in [-0.2, 0) is 6.61 Å². The predicted molar refractivity (Wildman–Crippen MR) is 101 cm³/mol. The van der Waals surface area contributed by atoms with Crippen molar-refractivity contribution < 1.29 is 14.4 Å². The van der Waals surface area contributed by atoms with Gasteiger partial charge in [-0.3, -0.25) is 10.1 Å². The average molecular weight is 370 g/mol. The predicted octanol–water partition coefficient (Wildman–Crippen LogP) is 5.50. The van der Waals surface area contributed by atoms with Crippen LogP contribution in [0, 0.1) is 10.1 Å². The van der Waals surface area contributed by atoms with Crippen molar-refractivity contribution in [3.63, 3.8) is 0 Å². The maximum atomic E-state index is 11.4. The van der Waals surface area contributed by atoms with Gasteiger partial charge >= 0.3 is 0 Å². The second-order valence-electron chi connectivity index (χ2n) is 5.55. The highest BCUT2D eigenvalue weighted by molar-refractivity contribution is 6.31. The number of ether oxygens (including phenoxy) is 2. The fourth-order valence-corrected chi connectivity index (χ4v) is 2.77. The number of hydrogen-bond donors (Lipinski definition) is 0. The van der Waals surface area contributed by atoms with Gasteiger partial charge in [0, 0.05) is 22.7 Å². The van der Waals surface area contributed by atoms with Gasteiger partial charge in [0.25, 0.3) is 5.69 Å². The molecular weight excluding hydrogens is 354 g/mol. The number of rotatable bonds is 6. The van der Waals surface area contributed by atoms with Gasteiger partial charge in [0.05, 0.1) is 17.6 Å². The van der Waals surface area contributed by atoms with Gasteiger partial charge < -0.3 is 9.47 Å². The maximum Gasteiger partial charge on any atom is 0.278 e. The first-order valence-corrected chi connectivity index (χ1v) is 8.25. The lowest BCUT2D eigenvalue weighted by atomic mass is 10.0. The van der Waals surface area contributed by atoms with Gasteiger partial charge in [-0.25, -0.2) is 0 Å². The number of nitro benzene ring substituents is 1. The standard InChI is InChI=1S/C20H16ClNO4/c1-25-20-12-16(26-13-14-5-3-2-4-6-14)8-10-18(20)17-9-7-15(21)11-19(17)22(23)24/h2-12H,13H2,1H3. The lowest BCUT2D eigenvalue weighted by molar-refractivity contribution is -0.384. The summed E-state index contributed by atoms with van der Waals surface area (Å²) in [6.07, 6.45) is 0. The van der Waals surface area contributed by atoms with E-state index in [9.17, 15) is 10.1 Å². The van der Waals surface area contributed by atoms with Crippen molar-refractivity contribution in [2.24, 2.45) is 0 Å². The molecular formula is C20H16ClNO4. The van der Waals surface area contributed by atoms with Gasteiger partial charge in [0.15, 0.2) is 0 Å². The first-order valence-electron chi connectivity index (χ1n) is 7.87. The molecule has 26 heavy (non-hydrogen) atoms. The minimum absolute atomic E-state index is 0.0752. The fourth-order valence-electron chi connectivity index (χ4n) is 2.61. The molecule has 0 aliphatic heterocycles. The number of nitrogens with zero attached hydrogens (tertiary/aromatic N) is 1. The van der Waals surface area contributed by atoms with E-state index in [0.717, 1.165) is 5.56 Å². The molecule has 0 heterocycles. The van der Waals surface area contributed by atoms with Crippen LogP contribution in [0.5, 0.6) is 11.5 Å². The van der Waals surface area contributed by atoms with Crippen LogP contribution >= 0.6 is 11.6 Å². The summed E-state index contributed by atoms with van der Waals surface area (Å²) in [6, 6.07) is 19.6. The van der Waals surface area contributed by atoms with E-state index < -0.39 is 4.92 Å². The molecule has 3 aromatic carbocycles. The quantitative estimate of drug-likeness (QED) is 0.425. The molecule has 0 amide bonds. The van der Waals surface area contributed by atoms with E-state index in [1.807, 2.05) is 30.3 Å². The average Bonchev–Trinajstić information content (AvgIpc) is 2.67. The Morgan fingerprint density at radius 3 is 2.42 bits per heavy atom. The minimum atomic E-state index is -0.458. The summed E-state index contributed by atoms with van der Waals surface area (Å²) in [5.74, 6) is 1.10. The Kier molecular flexibility index (Phi) is 5.39. The molecule has 0 aliphatic carbocycles. The molecule has 0 bridgehead atoms. The van der Waals surface area contributed by atoms with Crippen molar-refractivity contribution in [3.05, 3.63) is 87.4 Å². The monoisotopic (exact) mass is 369 g/mol. The molecule has 0 fully saturated rings. The molecule has 0 saturated carbocycles. The Bertz CT molecular complexity index is 928. The molecule has 0 aromatic heterocycles. The third-order valence-corrected chi connectivity index (χ3v) is 4.10. The van der Waals surface area contributed by atoms with Crippen molar-refractivity contribution in [1.82, 2.24) is 0 Å². The molecule has 132 valence electrons. The summed E-state index contributed by atoms with van der Waals surface area (Å²) < 4.78 is 11.2. The molecule has 0 aliphatic rings. The highest BCUT2D eigenvalue weighted by Gasteiger charge is 2.19. The lowest BCUT2D eigenvalue weighted by Crippen LogP contribution is -1.97. The molecule has 6 heteroatoms. The zero-order valence-corrected chi connectivity index (χ0v) is 14.8. The van der Waals surface area contributed by atoms with Crippen molar-refractivity contribution >= 4 is 17.3 Å². The lowest BCUT2D eigenvalue weighted by Gasteiger charge is -2.12. The SMILES string of the molecule is COc1cc(OCc2ccccc2)ccc1-c1ccc(Cl)cc1[N+](=O)[O-]. The summed E-state index contributed by atoms with van der Waals surface area (Å²) >= 11 is 5.89. The Hall–Kier alpha value is -3.05. The Balaban J connectivity index is 1.91. The molecule has 3 rings (SSSR count). The molecule has 5 nitrogen and oxygen atoms in total. The van der Waals surface area contributed by atoms with Crippen molar-refractivity contribution in [2.75, 3.05) is 7.11 Å². The molecule has 0 spiro atoms. The maximum absolute atomic E-state index is 11.4. The number of nitro groups is 1. The molecule has 0 radical (unpaired) electrons. The van der Waals surface area contributed by atoms with Gasteiger partial charge in [-0.2, -0.15) is 0 Å². The second kappa shape index (κ2) is 7.89. The molecule has 0 N–H and O–H groups in total. The Morgan fingerprint density at radius 1 is 1.00 bits per heavy atom.